The summed E-state index contributed by atoms with van der Waals surface area (Å²) in [5.41, 5.74) is -0.211. The Morgan fingerprint density at radius 2 is 1.85 bits per heavy atom. The van der Waals surface area contributed by atoms with E-state index in [4.69, 9.17) is 9.47 Å². The van der Waals surface area contributed by atoms with E-state index < -0.39 is 23.6 Å². The molecule has 20 heavy (non-hydrogen) atoms. The van der Waals surface area contributed by atoms with Gasteiger partial charge in [0.2, 0.25) is 0 Å². The second kappa shape index (κ2) is 8.78. The van der Waals surface area contributed by atoms with Crippen molar-refractivity contribution in [2.24, 2.45) is 0 Å². The lowest BCUT2D eigenvalue weighted by atomic mass is 10.2. The zero-order chi connectivity index (χ0) is 15.0. The van der Waals surface area contributed by atoms with Crippen LogP contribution in [0.2, 0.25) is 0 Å². The minimum absolute atomic E-state index is 0.0331. The van der Waals surface area contributed by atoms with Crippen molar-refractivity contribution in [3.05, 3.63) is 29.6 Å². The van der Waals surface area contributed by atoms with Crippen LogP contribution in [0.5, 0.6) is 0 Å². The second-order valence-corrected chi connectivity index (χ2v) is 4.03. The van der Waals surface area contributed by atoms with Crippen molar-refractivity contribution in [1.82, 2.24) is 0 Å². The normalized spacial score (nSPS) is 12.4. The van der Waals surface area contributed by atoms with Crippen LogP contribution in [0.1, 0.15) is 6.92 Å². The van der Waals surface area contributed by atoms with Gasteiger partial charge in [-0.1, -0.05) is 0 Å². The Bertz CT molecular complexity index is 418. The number of aliphatic hydroxyl groups excluding tert-OH is 1. The maximum Gasteiger partial charge on any atom is 0.196 e. The lowest BCUT2D eigenvalue weighted by molar-refractivity contribution is 0.0103. The first-order valence-electron chi connectivity index (χ1n) is 6.27. The third-order valence-electron chi connectivity index (χ3n) is 2.45. The van der Waals surface area contributed by atoms with Crippen molar-refractivity contribution in [2.75, 3.05) is 38.3 Å². The summed E-state index contributed by atoms with van der Waals surface area (Å²) in [5, 5.41) is 12.1. The lowest BCUT2D eigenvalue weighted by Crippen LogP contribution is -2.26. The van der Waals surface area contributed by atoms with Crippen LogP contribution >= 0.6 is 0 Å². The molecule has 0 heterocycles. The number of rotatable bonds is 9. The summed E-state index contributed by atoms with van der Waals surface area (Å²) in [6.45, 7) is 3.19. The fraction of sp³-hybridized carbons (Fsp3) is 0.538. The third kappa shape index (κ3) is 5.36. The maximum absolute atomic E-state index is 13.3. The van der Waals surface area contributed by atoms with Crippen molar-refractivity contribution in [3.63, 3.8) is 0 Å². The number of ether oxygens (including phenoxy) is 2. The summed E-state index contributed by atoms with van der Waals surface area (Å²) in [6, 6.07) is 1.88. The molecule has 1 rings (SSSR count). The van der Waals surface area contributed by atoms with Crippen molar-refractivity contribution in [1.29, 1.82) is 0 Å². The zero-order valence-corrected chi connectivity index (χ0v) is 11.2. The Kier molecular flexibility index (Phi) is 7.35. The van der Waals surface area contributed by atoms with Gasteiger partial charge in [0.15, 0.2) is 17.5 Å². The van der Waals surface area contributed by atoms with Gasteiger partial charge in [-0.05, 0) is 19.1 Å². The van der Waals surface area contributed by atoms with Crippen LogP contribution in [0.15, 0.2) is 12.1 Å². The minimum Gasteiger partial charge on any atom is -0.389 e. The van der Waals surface area contributed by atoms with Gasteiger partial charge in [-0.2, -0.15) is 0 Å². The molecular weight excluding hydrogens is 275 g/mol. The van der Waals surface area contributed by atoms with E-state index in [1.165, 1.54) is 0 Å². The van der Waals surface area contributed by atoms with Gasteiger partial charge in [0.25, 0.3) is 0 Å². The number of halogens is 3. The quantitative estimate of drug-likeness (QED) is 0.539. The molecule has 1 unspecified atom stereocenters. The lowest BCUT2D eigenvalue weighted by Gasteiger charge is -2.14. The fourth-order valence-corrected chi connectivity index (χ4v) is 1.43. The van der Waals surface area contributed by atoms with E-state index in [0.29, 0.717) is 19.8 Å². The molecule has 0 spiro atoms. The number of aliphatic hydroxyl groups is 1. The molecule has 0 aliphatic rings. The van der Waals surface area contributed by atoms with Crippen LogP contribution in [0.25, 0.3) is 0 Å². The first-order valence-corrected chi connectivity index (χ1v) is 6.27. The molecule has 2 N–H and O–H groups in total. The largest absolute Gasteiger partial charge is 0.389 e. The minimum atomic E-state index is -1.54. The number of hydrogen-bond acceptors (Lipinski definition) is 4. The first-order chi connectivity index (χ1) is 9.56. The van der Waals surface area contributed by atoms with Gasteiger partial charge in [0, 0.05) is 13.2 Å². The molecular formula is C13H18F3NO3. The van der Waals surface area contributed by atoms with Gasteiger partial charge in [-0.3, -0.25) is 0 Å². The zero-order valence-electron chi connectivity index (χ0n) is 11.2. The Hall–Kier alpha value is -1.31. The summed E-state index contributed by atoms with van der Waals surface area (Å²) >= 11 is 0. The monoisotopic (exact) mass is 293 g/mol. The number of hydrogen-bond donors (Lipinski definition) is 2. The molecule has 0 bridgehead atoms. The van der Waals surface area contributed by atoms with E-state index in [-0.39, 0.29) is 18.8 Å². The summed E-state index contributed by atoms with van der Waals surface area (Å²) in [4.78, 5) is 0. The van der Waals surface area contributed by atoms with Gasteiger partial charge in [-0.25, -0.2) is 13.2 Å². The van der Waals surface area contributed by atoms with Gasteiger partial charge in [0.05, 0.1) is 31.6 Å². The third-order valence-corrected chi connectivity index (χ3v) is 2.45. The van der Waals surface area contributed by atoms with Crippen LogP contribution in [0, 0.1) is 17.5 Å². The molecule has 7 heteroatoms. The smallest absolute Gasteiger partial charge is 0.196 e. The first kappa shape index (κ1) is 16.7. The van der Waals surface area contributed by atoms with Crippen LogP contribution in [-0.4, -0.2) is 44.2 Å². The van der Waals surface area contributed by atoms with E-state index in [1.54, 1.807) is 0 Å². The van der Waals surface area contributed by atoms with Gasteiger partial charge >= 0.3 is 0 Å². The fourth-order valence-electron chi connectivity index (χ4n) is 1.43. The Labute approximate surface area is 115 Å². The summed E-state index contributed by atoms with van der Waals surface area (Å²) in [7, 11) is 0. The number of anilines is 1. The summed E-state index contributed by atoms with van der Waals surface area (Å²) in [5.74, 6) is -4.11. The van der Waals surface area contributed by atoms with Gasteiger partial charge in [-0.15, -0.1) is 0 Å². The Morgan fingerprint density at radius 3 is 2.55 bits per heavy atom. The predicted molar refractivity (Wildman–Crippen MR) is 68.1 cm³/mol. The molecule has 0 aliphatic carbocycles. The topological polar surface area (TPSA) is 50.7 Å². The molecule has 0 amide bonds. The predicted octanol–water partition coefficient (Wildman–Crippen LogP) is 1.93. The highest BCUT2D eigenvalue weighted by molar-refractivity contribution is 5.45. The van der Waals surface area contributed by atoms with E-state index in [9.17, 15) is 18.3 Å². The SMILES string of the molecule is CCOCCOCC(O)CNc1ccc(F)c(F)c1F. The Balaban J connectivity index is 2.30. The van der Waals surface area contributed by atoms with E-state index in [0.717, 1.165) is 12.1 Å². The van der Waals surface area contributed by atoms with Gasteiger partial charge in [0.1, 0.15) is 0 Å². The highest BCUT2D eigenvalue weighted by atomic mass is 19.2. The molecule has 0 saturated carbocycles. The van der Waals surface area contributed by atoms with Crippen molar-refractivity contribution < 1.29 is 27.8 Å². The molecule has 114 valence electrons. The van der Waals surface area contributed by atoms with E-state index in [1.807, 2.05) is 6.92 Å². The Morgan fingerprint density at radius 1 is 1.15 bits per heavy atom. The highest BCUT2D eigenvalue weighted by Gasteiger charge is 2.14. The number of benzene rings is 1. The molecule has 4 nitrogen and oxygen atoms in total. The molecule has 0 radical (unpaired) electrons. The van der Waals surface area contributed by atoms with Crippen molar-refractivity contribution in [3.8, 4) is 0 Å². The maximum atomic E-state index is 13.3. The molecule has 0 aromatic heterocycles. The molecule has 0 saturated heterocycles. The standard InChI is InChI=1S/C13H18F3NO3/c1-2-19-5-6-20-8-9(18)7-17-11-4-3-10(14)12(15)13(11)16/h3-4,9,17-18H,2,5-8H2,1H3. The second-order valence-electron chi connectivity index (χ2n) is 4.03. The van der Waals surface area contributed by atoms with Crippen molar-refractivity contribution >= 4 is 5.69 Å². The number of nitrogens with one attached hydrogen (secondary N) is 1. The average Bonchev–Trinajstić information content (AvgIpc) is 2.44. The molecule has 1 aromatic rings. The van der Waals surface area contributed by atoms with Gasteiger partial charge < -0.3 is 19.9 Å². The van der Waals surface area contributed by atoms with Crippen LogP contribution in [-0.2, 0) is 9.47 Å². The molecule has 1 aromatic carbocycles. The van der Waals surface area contributed by atoms with E-state index >= 15 is 0 Å². The molecule has 1 atom stereocenters. The van der Waals surface area contributed by atoms with Crippen LogP contribution in [0.3, 0.4) is 0 Å². The van der Waals surface area contributed by atoms with Crippen LogP contribution in [0.4, 0.5) is 18.9 Å². The highest BCUT2D eigenvalue weighted by Crippen LogP contribution is 2.19. The molecule has 0 aliphatic heterocycles. The summed E-state index contributed by atoms with van der Waals surface area (Å²) in [6.07, 6.45) is -0.899. The summed E-state index contributed by atoms with van der Waals surface area (Å²) < 4.78 is 49.1. The van der Waals surface area contributed by atoms with E-state index in [2.05, 4.69) is 5.32 Å². The molecule has 0 fully saturated rings. The van der Waals surface area contributed by atoms with Crippen LogP contribution < -0.4 is 5.32 Å². The van der Waals surface area contributed by atoms with Crippen molar-refractivity contribution in [2.45, 2.75) is 13.0 Å². The average molecular weight is 293 g/mol.